The van der Waals surface area contributed by atoms with Crippen LogP contribution in [0.1, 0.15) is 427 Å². The van der Waals surface area contributed by atoms with Gasteiger partial charge in [0.15, 0.2) is 12.2 Å². The highest BCUT2D eigenvalue weighted by Gasteiger charge is 2.30. The molecule has 6 atom stereocenters. The molecule has 3 unspecified atom stereocenters. The number of carbonyl (C=O) groups is 4. The SMILES string of the molecule is CCCCCCCCCCCCCCCCCCCCC(=O)OC[C@H](COP(=O)(O)OC[C@@H](O)COP(=O)(O)OC[C@@H](COC(=O)CCCCCCCCC(C)CC)OC(=O)CCCCCCCCCCCCCC(C)C)OC(=O)CCCCCCCCCCCCCCCCCCC(C)C. The lowest BCUT2D eigenvalue weighted by Gasteiger charge is -2.21. The van der Waals surface area contributed by atoms with Crippen molar-refractivity contribution in [1.82, 2.24) is 0 Å². The van der Waals surface area contributed by atoms with Crippen LogP contribution in [0.25, 0.3) is 0 Å². The first-order chi connectivity index (χ1) is 48.8. The summed E-state index contributed by atoms with van der Waals surface area (Å²) in [5.74, 6) is 0.194. The van der Waals surface area contributed by atoms with Crippen molar-refractivity contribution < 1.29 is 80.2 Å². The van der Waals surface area contributed by atoms with E-state index in [9.17, 15) is 43.2 Å². The second kappa shape index (κ2) is 72.3. The van der Waals surface area contributed by atoms with Crippen LogP contribution in [0.2, 0.25) is 0 Å². The first-order valence-electron chi connectivity index (χ1n) is 42.4. The highest BCUT2D eigenvalue weighted by molar-refractivity contribution is 7.47. The zero-order valence-corrected chi connectivity index (χ0v) is 68.2. The molecule has 0 radical (unpaired) electrons. The van der Waals surface area contributed by atoms with Crippen LogP contribution in [0.15, 0.2) is 0 Å². The van der Waals surface area contributed by atoms with Crippen LogP contribution in [0.5, 0.6) is 0 Å². The minimum Gasteiger partial charge on any atom is -0.462 e. The van der Waals surface area contributed by atoms with Gasteiger partial charge in [0.25, 0.3) is 0 Å². The molecule has 0 aromatic rings. The van der Waals surface area contributed by atoms with Gasteiger partial charge >= 0.3 is 39.5 Å². The van der Waals surface area contributed by atoms with Gasteiger partial charge in [-0.3, -0.25) is 37.3 Å². The third-order valence-electron chi connectivity index (χ3n) is 19.5. The number of unbranched alkanes of at least 4 members (excludes halogenated alkanes) is 47. The number of ether oxygens (including phenoxy) is 4. The van der Waals surface area contributed by atoms with Gasteiger partial charge in [0.2, 0.25) is 0 Å². The van der Waals surface area contributed by atoms with Crippen molar-refractivity contribution in [1.29, 1.82) is 0 Å². The Labute approximate surface area is 619 Å². The van der Waals surface area contributed by atoms with E-state index in [2.05, 4.69) is 48.5 Å². The zero-order chi connectivity index (χ0) is 74.4. The Balaban J connectivity index is 5.24. The van der Waals surface area contributed by atoms with Gasteiger partial charge in [0.05, 0.1) is 26.4 Å². The molecule has 0 saturated heterocycles. The van der Waals surface area contributed by atoms with Gasteiger partial charge in [-0.1, -0.05) is 376 Å². The van der Waals surface area contributed by atoms with Crippen molar-refractivity contribution in [3.05, 3.63) is 0 Å². The predicted octanol–water partition coefficient (Wildman–Crippen LogP) is 24.5. The lowest BCUT2D eigenvalue weighted by molar-refractivity contribution is -0.161. The van der Waals surface area contributed by atoms with Crippen molar-refractivity contribution in [3.8, 4) is 0 Å². The molecule has 0 aromatic heterocycles. The summed E-state index contributed by atoms with van der Waals surface area (Å²) >= 11 is 0. The number of phosphoric acid groups is 2. The highest BCUT2D eigenvalue weighted by atomic mass is 31.2. The average Bonchev–Trinajstić information content (AvgIpc) is 0.921. The summed E-state index contributed by atoms with van der Waals surface area (Å²) < 4.78 is 68.7. The topological polar surface area (TPSA) is 237 Å². The number of hydrogen-bond donors (Lipinski definition) is 3. The second-order valence-corrected chi connectivity index (χ2v) is 33.6. The molecule has 101 heavy (non-hydrogen) atoms. The molecule has 0 saturated carbocycles. The first-order valence-corrected chi connectivity index (χ1v) is 45.4. The van der Waals surface area contributed by atoms with E-state index in [1.54, 1.807) is 0 Å². The van der Waals surface area contributed by atoms with Crippen LogP contribution in [-0.2, 0) is 65.4 Å². The predicted molar refractivity (Wildman–Crippen MR) is 414 cm³/mol. The van der Waals surface area contributed by atoms with Crippen LogP contribution in [-0.4, -0.2) is 96.7 Å². The Morgan fingerprint density at radius 3 is 0.752 bits per heavy atom. The number of phosphoric ester groups is 2. The molecule has 19 heteroatoms. The van der Waals surface area contributed by atoms with Gasteiger partial charge in [-0.15, -0.1) is 0 Å². The fourth-order valence-electron chi connectivity index (χ4n) is 12.6. The summed E-state index contributed by atoms with van der Waals surface area (Å²) in [4.78, 5) is 73.1. The Kier molecular flexibility index (Phi) is 70.9. The maximum Gasteiger partial charge on any atom is 0.472 e. The Hall–Kier alpha value is -1.94. The molecule has 0 fully saturated rings. The minimum atomic E-state index is -4.96. The summed E-state index contributed by atoms with van der Waals surface area (Å²) in [5, 5.41) is 10.6. The van der Waals surface area contributed by atoms with E-state index >= 15 is 0 Å². The van der Waals surface area contributed by atoms with Crippen LogP contribution >= 0.6 is 15.6 Å². The van der Waals surface area contributed by atoms with E-state index in [-0.39, 0.29) is 25.7 Å². The smallest absolute Gasteiger partial charge is 0.462 e. The minimum absolute atomic E-state index is 0.106. The van der Waals surface area contributed by atoms with Crippen LogP contribution in [0.3, 0.4) is 0 Å². The molecule has 0 bridgehead atoms. The summed E-state index contributed by atoms with van der Waals surface area (Å²) in [5.41, 5.74) is 0. The molecule has 600 valence electrons. The summed E-state index contributed by atoms with van der Waals surface area (Å²) in [6.07, 6.45) is 61.1. The second-order valence-electron chi connectivity index (χ2n) is 30.7. The lowest BCUT2D eigenvalue weighted by Crippen LogP contribution is -2.30. The van der Waals surface area contributed by atoms with Crippen molar-refractivity contribution in [2.75, 3.05) is 39.6 Å². The van der Waals surface area contributed by atoms with Gasteiger partial charge < -0.3 is 33.8 Å². The molecule has 3 N–H and O–H groups in total. The monoisotopic (exact) mass is 1480 g/mol. The quantitative estimate of drug-likeness (QED) is 0.0222. The van der Waals surface area contributed by atoms with E-state index in [0.29, 0.717) is 25.7 Å². The van der Waals surface area contributed by atoms with Gasteiger partial charge in [-0.25, -0.2) is 9.13 Å². The standard InChI is InChI=1S/C82H160O17P2/c1-8-10-11-12-13-14-15-16-17-18-19-23-26-31-36-41-49-56-63-79(84)92-69-77(98-81(86)65-58-51-42-37-32-27-24-21-20-22-25-29-34-39-46-53-60-73(3)4)71-96-100(88,89)94-67-76(83)68-95-101(90,91)97-72-78(70-93-80(85)64-57-50-45-44-48-55-62-75(7)9-2)99-82(87)66-59-52-43-38-33-28-30-35-40-47-54-61-74(5)6/h73-78,83H,8-72H2,1-7H3,(H,88,89)(H,90,91)/t75?,76-,77-,78-/m1/s1. The molecule has 0 aliphatic rings. The molecule has 0 aromatic carbocycles. The maximum absolute atomic E-state index is 13.1. The summed E-state index contributed by atoms with van der Waals surface area (Å²) in [6.45, 7) is 11.9. The maximum atomic E-state index is 13.1. The van der Waals surface area contributed by atoms with Crippen molar-refractivity contribution in [2.45, 2.75) is 446 Å². The fourth-order valence-corrected chi connectivity index (χ4v) is 14.2. The van der Waals surface area contributed by atoms with E-state index < -0.39 is 97.5 Å². The van der Waals surface area contributed by atoms with Crippen molar-refractivity contribution >= 4 is 39.5 Å². The third kappa shape index (κ3) is 74.7. The van der Waals surface area contributed by atoms with E-state index in [4.69, 9.17) is 37.0 Å². The molecule has 17 nitrogen and oxygen atoms in total. The summed E-state index contributed by atoms with van der Waals surface area (Å²) in [7, 11) is -9.92. The number of esters is 4. The molecule has 0 aliphatic carbocycles. The lowest BCUT2D eigenvalue weighted by atomic mass is 10.00. The van der Waals surface area contributed by atoms with Gasteiger partial charge in [-0.05, 0) is 43.4 Å². The Morgan fingerprint density at radius 1 is 0.287 bits per heavy atom. The molecular formula is C82H160O17P2. The Morgan fingerprint density at radius 2 is 0.505 bits per heavy atom. The number of aliphatic hydroxyl groups is 1. The largest absolute Gasteiger partial charge is 0.472 e. The van der Waals surface area contributed by atoms with Gasteiger partial charge in [0.1, 0.15) is 19.3 Å². The van der Waals surface area contributed by atoms with Gasteiger partial charge in [-0.2, -0.15) is 0 Å². The molecular weight excluding hydrogens is 1320 g/mol. The number of rotatable bonds is 80. The van der Waals surface area contributed by atoms with Crippen LogP contribution in [0, 0.1) is 17.8 Å². The number of carbonyl (C=O) groups excluding carboxylic acids is 4. The molecule has 0 spiro atoms. The van der Waals surface area contributed by atoms with E-state index in [1.807, 2.05) is 0 Å². The Bertz CT molecular complexity index is 1960. The third-order valence-corrected chi connectivity index (χ3v) is 21.4. The van der Waals surface area contributed by atoms with E-state index in [1.165, 1.54) is 231 Å². The molecule has 0 heterocycles. The molecule has 0 rings (SSSR count). The fraction of sp³-hybridized carbons (Fsp3) is 0.951. The molecule has 0 aliphatic heterocycles. The summed E-state index contributed by atoms with van der Waals surface area (Å²) in [6, 6.07) is 0. The zero-order valence-electron chi connectivity index (χ0n) is 66.4. The molecule has 0 amide bonds. The number of hydrogen-bond acceptors (Lipinski definition) is 15. The average molecular weight is 1480 g/mol. The van der Waals surface area contributed by atoms with Crippen LogP contribution < -0.4 is 0 Å². The highest BCUT2D eigenvalue weighted by Crippen LogP contribution is 2.45. The van der Waals surface area contributed by atoms with Gasteiger partial charge in [0, 0.05) is 25.7 Å². The van der Waals surface area contributed by atoms with E-state index in [0.717, 1.165) is 114 Å². The van der Waals surface area contributed by atoms with Crippen molar-refractivity contribution in [3.63, 3.8) is 0 Å². The van der Waals surface area contributed by atoms with Crippen molar-refractivity contribution in [2.24, 2.45) is 17.8 Å². The van der Waals surface area contributed by atoms with Crippen LogP contribution in [0.4, 0.5) is 0 Å². The normalized spacial score (nSPS) is 14.2. The number of aliphatic hydroxyl groups excluding tert-OH is 1. The first kappa shape index (κ1) is 99.1.